The minimum Gasteiger partial charge on any atom is -0.0622 e. The Balaban J connectivity index is 1.95. The molecule has 0 saturated heterocycles. The topological polar surface area (TPSA) is 0 Å². The summed E-state index contributed by atoms with van der Waals surface area (Å²) in [7, 11) is 0. The first-order chi connectivity index (χ1) is 12.4. The molecule has 4 rings (SSSR count). The van der Waals surface area contributed by atoms with Crippen LogP contribution in [0.3, 0.4) is 0 Å². The van der Waals surface area contributed by atoms with Crippen LogP contribution in [0.25, 0.3) is 28.3 Å². The van der Waals surface area contributed by atoms with E-state index >= 15 is 0 Å². The average molecular weight is 337 g/mol. The van der Waals surface area contributed by atoms with E-state index in [1.165, 1.54) is 44.5 Å². The second-order valence-electron chi connectivity index (χ2n) is 8.17. The van der Waals surface area contributed by atoms with Gasteiger partial charge in [0.2, 0.25) is 0 Å². The van der Waals surface area contributed by atoms with Crippen LogP contribution in [0.5, 0.6) is 0 Å². The second-order valence-corrected chi connectivity index (χ2v) is 8.17. The van der Waals surface area contributed by atoms with Crippen LogP contribution in [0.1, 0.15) is 37.5 Å². The third kappa shape index (κ3) is 2.90. The van der Waals surface area contributed by atoms with Crippen molar-refractivity contribution in [3.05, 3.63) is 95.4 Å². The zero-order valence-electron chi connectivity index (χ0n) is 16.0. The van der Waals surface area contributed by atoms with E-state index in [4.69, 9.17) is 0 Å². The molecule has 0 fully saturated rings. The second kappa shape index (κ2) is 6.29. The summed E-state index contributed by atoms with van der Waals surface area (Å²) in [6.45, 7) is 9.07. The maximum Gasteiger partial charge on any atom is 0.0170 e. The summed E-state index contributed by atoms with van der Waals surface area (Å²) in [5.74, 6) is 0. The van der Waals surface area contributed by atoms with Crippen molar-refractivity contribution < 1.29 is 0 Å². The number of allylic oxidation sites excluding steroid dienone is 1. The van der Waals surface area contributed by atoms with Crippen molar-refractivity contribution in [3.8, 4) is 22.3 Å². The van der Waals surface area contributed by atoms with E-state index in [0.29, 0.717) is 0 Å². The first-order valence-corrected chi connectivity index (χ1v) is 9.30. The molecule has 0 bridgehead atoms. The van der Waals surface area contributed by atoms with Crippen LogP contribution in [-0.2, 0) is 0 Å². The van der Waals surface area contributed by atoms with Gasteiger partial charge in [-0.05, 0) is 51.3 Å². The van der Waals surface area contributed by atoms with Crippen molar-refractivity contribution >= 4 is 6.08 Å². The first-order valence-electron chi connectivity index (χ1n) is 9.30. The van der Waals surface area contributed by atoms with Gasteiger partial charge in [0.15, 0.2) is 0 Å². The van der Waals surface area contributed by atoms with Crippen LogP contribution < -0.4 is 0 Å². The van der Waals surface area contributed by atoms with E-state index in [-0.39, 0.29) is 5.41 Å². The van der Waals surface area contributed by atoms with E-state index in [0.717, 1.165) is 0 Å². The summed E-state index contributed by atoms with van der Waals surface area (Å²) < 4.78 is 0. The smallest absolute Gasteiger partial charge is 0.0170 e. The molecular formula is C26H25. The fourth-order valence-corrected chi connectivity index (χ4v) is 3.75. The van der Waals surface area contributed by atoms with Gasteiger partial charge in [-0.15, -0.1) is 0 Å². The molecule has 0 atom stereocenters. The predicted molar refractivity (Wildman–Crippen MR) is 113 cm³/mol. The van der Waals surface area contributed by atoms with Crippen LogP contribution in [0.2, 0.25) is 0 Å². The maximum absolute atomic E-state index is 2.39. The molecule has 0 N–H and O–H groups in total. The lowest BCUT2D eigenvalue weighted by molar-refractivity contribution is 0.516. The van der Waals surface area contributed by atoms with Crippen molar-refractivity contribution in [1.29, 1.82) is 0 Å². The van der Waals surface area contributed by atoms with E-state index in [1.807, 2.05) is 0 Å². The van der Waals surface area contributed by atoms with E-state index in [9.17, 15) is 0 Å². The molecule has 3 aromatic rings. The Kier molecular flexibility index (Phi) is 4.07. The molecule has 1 aliphatic carbocycles. The third-order valence-corrected chi connectivity index (χ3v) is 5.25. The van der Waals surface area contributed by atoms with Crippen molar-refractivity contribution in [2.75, 3.05) is 0 Å². The minimum atomic E-state index is 0.156. The monoisotopic (exact) mass is 337 g/mol. The van der Waals surface area contributed by atoms with Crippen LogP contribution in [0, 0.1) is 18.8 Å². The molecule has 129 valence electrons. The molecular weight excluding hydrogens is 312 g/mol. The fraction of sp³-hybridized carbons (Fsp3) is 0.192. The van der Waals surface area contributed by atoms with E-state index in [1.54, 1.807) is 0 Å². The third-order valence-electron chi connectivity index (χ3n) is 5.25. The molecule has 0 spiro atoms. The number of hydrogen-bond acceptors (Lipinski definition) is 0. The van der Waals surface area contributed by atoms with Crippen molar-refractivity contribution in [2.45, 2.75) is 27.7 Å². The number of hydrogen-bond donors (Lipinski definition) is 0. The predicted octanol–water partition coefficient (Wildman–Crippen LogP) is 7.32. The number of benzene rings is 3. The van der Waals surface area contributed by atoms with Crippen LogP contribution in [0.15, 0.2) is 72.3 Å². The van der Waals surface area contributed by atoms with Crippen molar-refractivity contribution in [3.63, 3.8) is 0 Å². The Bertz CT molecular complexity index is 982. The van der Waals surface area contributed by atoms with Crippen molar-refractivity contribution in [2.24, 2.45) is 5.41 Å². The van der Waals surface area contributed by atoms with Gasteiger partial charge >= 0.3 is 0 Å². The molecule has 0 nitrogen and oxygen atoms in total. The highest BCUT2D eigenvalue weighted by Crippen LogP contribution is 2.44. The Morgan fingerprint density at radius 3 is 2.04 bits per heavy atom. The van der Waals surface area contributed by atoms with Gasteiger partial charge in [-0.3, -0.25) is 0 Å². The Morgan fingerprint density at radius 2 is 1.35 bits per heavy atom. The molecule has 0 amide bonds. The molecule has 0 heterocycles. The normalized spacial score (nSPS) is 13.5. The molecule has 0 aliphatic heterocycles. The largest absolute Gasteiger partial charge is 0.0622 e. The maximum atomic E-state index is 2.39. The molecule has 0 unspecified atom stereocenters. The Labute approximate surface area is 157 Å². The van der Waals surface area contributed by atoms with Gasteiger partial charge in [-0.1, -0.05) is 99.2 Å². The standard InChI is InChI=1S/C26H25/c1-18-14-15-20-16-21(26(2,3)4)17-24(20)25(18)23-13-9-8-12-22(23)19-10-6-5-7-11-19/h5-17H,1-4H3. The molecule has 3 aromatic carbocycles. The van der Waals surface area contributed by atoms with Gasteiger partial charge < -0.3 is 0 Å². The SMILES string of the molecule is Cc1ccc2c(c1-c1ccccc1-c1ccccc1)C=C(C(C)(C)C)[CH]2. The number of fused-ring (bicyclic) bond motifs is 1. The zero-order chi connectivity index (χ0) is 18.3. The lowest BCUT2D eigenvalue weighted by Crippen LogP contribution is -2.07. The molecule has 26 heavy (non-hydrogen) atoms. The summed E-state index contributed by atoms with van der Waals surface area (Å²) in [5.41, 5.74) is 10.8. The first kappa shape index (κ1) is 16.8. The van der Waals surface area contributed by atoms with Gasteiger partial charge in [0, 0.05) is 6.42 Å². The van der Waals surface area contributed by atoms with Gasteiger partial charge in [0.1, 0.15) is 0 Å². The van der Waals surface area contributed by atoms with Crippen LogP contribution >= 0.6 is 0 Å². The Morgan fingerprint density at radius 1 is 0.692 bits per heavy atom. The number of rotatable bonds is 2. The van der Waals surface area contributed by atoms with Gasteiger partial charge in [0.25, 0.3) is 0 Å². The molecule has 0 aromatic heterocycles. The van der Waals surface area contributed by atoms with E-state index < -0.39 is 0 Å². The summed E-state index contributed by atoms with van der Waals surface area (Å²) >= 11 is 0. The fourth-order valence-electron chi connectivity index (χ4n) is 3.75. The summed E-state index contributed by atoms with van der Waals surface area (Å²) in [5, 5.41) is 0. The highest BCUT2D eigenvalue weighted by Gasteiger charge is 2.26. The summed E-state index contributed by atoms with van der Waals surface area (Å²) in [4.78, 5) is 0. The van der Waals surface area contributed by atoms with Crippen molar-refractivity contribution in [1.82, 2.24) is 0 Å². The van der Waals surface area contributed by atoms with Gasteiger partial charge in [0.05, 0.1) is 0 Å². The molecule has 0 heteroatoms. The van der Waals surface area contributed by atoms with Crippen LogP contribution in [-0.4, -0.2) is 0 Å². The van der Waals surface area contributed by atoms with Crippen LogP contribution in [0.4, 0.5) is 0 Å². The lowest BCUT2D eigenvalue weighted by atomic mass is 9.85. The quantitative estimate of drug-likeness (QED) is 0.459. The average Bonchev–Trinajstić information content (AvgIpc) is 3.07. The zero-order valence-corrected chi connectivity index (χ0v) is 16.0. The minimum absolute atomic E-state index is 0.156. The Hall–Kier alpha value is -2.60. The molecule has 1 aliphatic rings. The summed E-state index contributed by atoms with van der Waals surface area (Å²) in [6, 6.07) is 24.0. The highest BCUT2D eigenvalue weighted by atomic mass is 14.3. The summed E-state index contributed by atoms with van der Waals surface area (Å²) in [6.07, 6.45) is 4.74. The van der Waals surface area contributed by atoms with Gasteiger partial charge in [-0.2, -0.15) is 0 Å². The highest BCUT2D eigenvalue weighted by molar-refractivity contribution is 5.92. The number of aryl methyl sites for hydroxylation is 1. The van der Waals surface area contributed by atoms with Gasteiger partial charge in [-0.25, -0.2) is 0 Å². The molecule has 0 saturated carbocycles. The van der Waals surface area contributed by atoms with E-state index in [2.05, 4.69) is 107 Å². The molecule has 1 radical (unpaired) electrons. The lowest BCUT2D eigenvalue weighted by Gasteiger charge is -2.19.